The molecule has 1 saturated heterocycles. The van der Waals surface area contributed by atoms with Crippen molar-refractivity contribution in [2.75, 3.05) is 6.54 Å². The molecule has 3 atom stereocenters. The quantitative estimate of drug-likeness (QED) is 0.734. The molecule has 1 nitrogen and oxygen atoms in total. The summed E-state index contributed by atoms with van der Waals surface area (Å²) in [5, 5.41) is 4.60. The number of hydrogen-bond donors (Lipinski definition) is 1. The minimum atomic E-state index is 0.461. The van der Waals surface area contributed by atoms with Crippen LogP contribution in [0.4, 0.5) is 0 Å². The van der Waals surface area contributed by atoms with Gasteiger partial charge in [0, 0.05) is 11.8 Å². The van der Waals surface area contributed by atoms with Gasteiger partial charge in [-0.25, -0.2) is 0 Å². The van der Waals surface area contributed by atoms with Crippen molar-refractivity contribution in [3.8, 4) is 0 Å². The highest BCUT2D eigenvalue weighted by Gasteiger charge is 2.39. The minimum Gasteiger partial charge on any atom is -0.302 e. The van der Waals surface area contributed by atoms with Gasteiger partial charge in [-0.1, -0.05) is 33.6 Å². The fourth-order valence-electron chi connectivity index (χ4n) is 3.10. The predicted molar refractivity (Wildman–Crippen MR) is 69.2 cm³/mol. The molecule has 0 aromatic carbocycles. The molecule has 0 aromatic rings. The van der Waals surface area contributed by atoms with Gasteiger partial charge in [-0.3, -0.25) is 0 Å². The van der Waals surface area contributed by atoms with Crippen LogP contribution in [-0.4, -0.2) is 16.7 Å². The molecule has 1 saturated carbocycles. The van der Waals surface area contributed by atoms with Gasteiger partial charge in [0.2, 0.25) is 0 Å². The molecule has 3 unspecified atom stereocenters. The summed E-state index contributed by atoms with van der Waals surface area (Å²) in [6, 6.07) is 0. The SMILES string of the molecule is CC1CNC2(CCCC(C(C)C)CC2)S1. The first-order chi connectivity index (χ1) is 7.11. The normalized spacial score (nSPS) is 42.4. The monoisotopic (exact) mass is 227 g/mol. The Bertz CT molecular complexity index is 217. The van der Waals surface area contributed by atoms with Gasteiger partial charge >= 0.3 is 0 Å². The number of nitrogens with one attached hydrogen (secondary N) is 1. The molecule has 0 amide bonds. The van der Waals surface area contributed by atoms with E-state index in [2.05, 4.69) is 37.8 Å². The van der Waals surface area contributed by atoms with Crippen molar-refractivity contribution < 1.29 is 0 Å². The Morgan fingerprint density at radius 2 is 2.07 bits per heavy atom. The highest BCUT2D eigenvalue weighted by Crippen LogP contribution is 2.44. The van der Waals surface area contributed by atoms with Gasteiger partial charge in [0.05, 0.1) is 4.87 Å². The molecule has 0 radical (unpaired) electrons. The first-order valence-corrected chi connectivity index (χ1v) is 7.42. The summed E-state index contributed by atoms with van der Waals surface area (Å²) in [6.45, 7) is 8.36. The summed E-state index contributed by atoms with van der Waals surface area (Å²) in [4.78, 5) is 0.461. The van der Waals surface area contributed by atoms with Crippen molar-refractivity contribution in [1.29, 1.82) is 0 Å². The van der Waals surface area contributed by atoms with Crippen molar-refractivity contribution in [1.82, 2.24) is 5.32 Å². The lowest BCUT2D eigenvalue weighted by atomic mass is 9.89. The van der Waals surface area contributed by atoms with Crippen LogP contribution >= 0.6 is 11.8 Å². The van der Waals surface area contributed by atoms with Crippen molar-refractivity contribution in [3.05, 3.63) is 0 Å². The maximum absolute atomic E-state index is 3.78. The van der Waals surface area contributed by atoms with Crippen molar-refractivity contribution in [2.45, 2.75) is 63.0 Å². The van der Waals surface area contributed by atoms with Gasteiger partial charge in [0.15, 0.2) is 0 Å². The van der Waals surface area contributed by atoms with Gasteiger partial charge in [0.1, 0.15) is 0 Å². The third kappa shape index (κ3) is 2.71. The van der Waals surface area contributed by atoms with Crippen LogP contribution in [0.3, 0.4) is 0 Å². The first-order valence-electron chi connectivity index (χ1n) is 6.54. The van der Waals surface area contributed by atoms with Gasteiger partial charge in [-0.15, -0.1) is 11.8 Å². The smallest absolute Gasteiger partial charge is 0.0648 e. The second kappa shape index (κ2) is 4.67. The third-order valence-electron chi connectivity index (χ3n) is 4.16. The maximum atomic E-state index is 3.78. The molecule has 1 aliphatic carbocycles. The Morgan fingerprint density at radius 3 is 2.67 bits per heavy atom. The molecule has 2 rings (SSSR count). The van der Waals surface area contributed by atoms with Crippen molar-refractivity contribution in [2.24, 2.45) is 11.8 Å². The number of rotatable bonds is 1. The second-order valence-corrected chi connectivity index (χ2v) is 7.56. The molecule has 0 bridgehead atoms. The number of thioether (sulfide) groups is 1. The summed E-state index contributed by atoms with van der Waals surface area (Å²) in [7, 11) is 0. The molecule has 2 heteroatoms. The molecule has 1 heterocycles. The van der Waals surface area contributed by atoms with Crippen LogP contribution in [0.2, 0.25) is 0 Å². The summed E-state index contributed by atoms with van der Waals surface area (Å²) in [5.41, 5.74) is 0. The lowest BCUT2D eigenvalue weighted by Gasteiger charge is -2.27. The summed E-state index contributed by atoms with van der Waals surface area (Å²) in [5.74, 6) is 1.85. The van der Waals surface area contributed by atoms with Crippen LogP contribution in [0.15, 0.2) is 0 Å². The largest absolute Gasteiger partial charge is 0.302 e. The zero-order chi connectivity index (χ0) is 10.9. The summed E-state index contributed by atoms with van der Waals surface area (Å²) >= 11 is 2.20. The molecule has 15 heavy (non-hydrogen) atoms. The third-order valence-corrected chi connectivity index (χ3v) is 5.73. The highest BCUT2D eigenvalue weighted by molar-refractivity contribution is 8.01. The molecular weight excluding hydrogens is 202 g/mol. The van der Waals surface area contributed by atoms with E-state index >= 15 is 0 Å². The second-order valence-electron chi connectivity index (χ2n) is 5.74. The zero-order valence-corrected chi connectivity index (χ0v) is 11.2. The van der Waals surface area contributed by atoms with Crippen LogP contribution in [-0.2, 0) is 0 Å². The summed E-state index contributed by atoms with van der Waals surface area (Å²) < 4.78 is 0. The standard InChI is InChI=1S/C13H25NS/c1-10(2)12-5-4-7-13(8-6-12)14-9-11(3)15-13/h10-12,14H,4-9H2,1-3H3. The van der Waals surface area contributed by atoms with Crippen molar-refractivity contribution in [3.63, 3.8) is 0 Å². The van der Waals surface area contributed by atoms with E-state index in [0.29, 0.717) is 4.87 Å². The molecular formula is C13H25NS. The Kier molecular flexibility index (Phi) is 3.67. The highest BCUT2D eigenvalue weighted by atomic mass is 32.2. The minimum absolute atomic E-state index is 0.461. The van der Waals surface area contributed by atoms with Crippen LogP contribution in [0, 0.1) is 11.8 Å². The molecule has 2 fully saturated rings. The van der Waals surface area contributed by atoms with E-state index in [1.54, 1.807) is 0 Å². The lowest BCUT2D eigenvalue weighted by molar-refractivity contribution is 0.336. The van der Waals surface area contributed by atoms with E-state index in [9.17, 15) is 0 Å². The number of hydrogen-bond acceptors (Lipinski definition) is 2. The van der Waals surface area contributed by atoms with E-state index in [1.165, 1.54) is 38.6 Å². The molecule has 1 N–H and O–H groups in total. The van der Waals surface area contributed by atoms with Gasteiger partial charge in [-0.2, -0.15) is 0 Å². The fourth-order valence-corrected chi connectivity index (χ4v) is 4.70. The Morgan fingerprint density at radius 1 is 1.27 bits per heavy atom. The lowest BCUT2D eigenvalue weighted by Crippen LogP contribution is -2.36. The van der Waals surface area contributed by atoms with Crippen LogP contribution < -0.4 is 5.32 Å². The first kappa shape index (κ1) is 11.8. The van der Waals surface area contributed by atoms with Gasteiger partial charge < -0.3 is 5.32 Å². The van der Waals surface area contributed by atoms with Gasteiger partial charge in [-0.05, 0) is 31.1 Å². The van der Waals surface area contributed by atoms with E-state index in [0.717, 1.165) is 17.1 Å². The molecule has 88 valence electrons. The molecule has 0 aromatic heterocycles. The van der Waals surface area contributed by atoms with E-state index in [4.69, 9.17) is 0 Å². The molecule has 1 spiro atoms. The Labute approximate surface area is 98.8 Å². The van der Waals surface area contributed by atoms with Crippen molar-refractivity contribution >= 4 is 11.8 Å². The average Bonchev–Trinajstić information content (AvgIpc) is 2.43. The van der Waals surface area contributed by atoms with E-state index < -0.39 is 0 Å². The molecule has 1 aliphatic heterocycles. The van der Waals surface area contributed by atoms with E-state index in [-0.39, 0.29) is 0 Å². The summed E-state index contributed by atoms with van der Waals surface area (Å²) in [6.07, 6.45) is 7.10. The fraction of sp³-hybridized carbons (Fsp3) is 1.00. The van der Waals surface area contributed by atoms with Crippen LogP contribution in [0.1, 0.15) is 52.9 Å². The predicted octanol–water partition coefficient (Wildman–Crippen LogP) is 3.64. The van der Waals surface area contributed by atoms with Crippen LogP contribution in [0.25, 0.3) is 0 Å². The Hall–Kier alpha value is 0.310. The van der Waals surface area contributed by atoms with Gasteiger partial charge in [0.25, 0.3) is 0 Å². The van der Waals surface area contributed by atoms with Crippen LogP contribution in [0.5, 0.6) is 0 Å². The average molecular weight is 227 g/mol. The van der Waals surface area contributed by atoms with E-state index in [1.807, 2.05) is 0 Å². The Balaban J connectivity index is 1.95. The maximum Gasteiger partial charge on any atom is 0.0648 e. The molecule has 2 aliphatic rings. The topological polar surface area (TPSA) is 12.0 Å². The zero-order valence-electron chi connectivity index (χ0n) is 10.4.